The van der Waals surface area contributed by atoms with E-state index in [1.54, 1.807) is 0 Å². The van der Waals surface area contributed by atoms with Crippen LogP contribution in [0.25, 0.3) is 0 Å². The van der Waals surface area contributed by atoms with Crippen molar-refractivity contribution in [3.8, 4) is 23.7 Å². The van der Waals surface area contributed by atoms with Gasteiger partial charge in [-0.25, -0.2) is 0 Å². The lowest BCUT2D eigenvalue weighted by molar-refractivity contribution is 0.286. The van der Waals surface area contributed by atoms with Crippen LogP contribution in [-0.2, 0) is 4.57 Å². The summed E-state index contributed by atoms with van der Waals surface area (Å²) in [5.41, 5.74) is 0. The Balaban J connectivity index is 0.00000476. The van der Waals surface area contributed by atoms with Crippen molar-refractivity contribution in [1.82, 2.24) is 0 Å². The molecule has 0 spiro atoms. The monoisotopic (exact) mass is 663 g/mol. The summed E-state index contributed by atoms with van der Waals surface area (Å²) in [4.78, 5) is 14.3. The van der Waals surface area contributed by atoms with Gasteiger partial charge in [0.1, 0.15) is 0 Å². The van der Waals surface area contributed by atoms with Crippen molar-refractivity contribution >= 4 is 8.25 Å². The molecule has 0 saturated heterocycles. The zero-order valence-electron chi connectivity index (χ0n) is 30.8. The van der Waals surface area contributed by atoms with Crippen molar-refractivity contribution in [2.45, 2.75) is 238 Å². The Labute approximate surface area is 289 Å². The molecule has 1 rings (SSSR count). The summed E-state index contributed by atoms with van der Waals surface area (Å²) in [5, 5.41) is 0. The number of rotatable bonds is 32. The molecule has 1 aliphatic carbocycles. The van der Waals surface area contributed by atoms with Gasteiger partial charge in [-0.15, -0.1) is 0 Å². The van der Waals surface area contributed by atoms with Gasteiger partial charge in [-0.3, -0.25) is 4.57 Å². The molecule has 0 radical (unpaired) electrons. The summed E-state index contributed by atoms with van der Waals surface area (Å²) in [6, 6.07) is 0. The lowest BCUT2D eigenvalue weighted by Gasteiger charge is -2.24. The molecule has 270 valence electrons. The summed E-state index contributed by atoms with van der Waals surface area (Å²) in [6.45, 7) is 2.30. The van der Waals surface area contributed by atoms with E-state index in [2.05, 4.69) is 30.6 Å². The van der Waals surface area contributed by atoms with Crippen LogP contribution in [0.5, 0.6) is 0 Å². The molecule has 0 aliphatic heterocycles. The molecule has 0 amide bonds. The highest BCUT2D eigenvalue weighted by Crippen LogP contribution is 2.31. The molecule has 0 unspecified atom stereocenters. The molecular weight excluding hydrogens is 583 g/mol. The molecule has 0 heterocycles. The van der Waals surface area contributed by atoms with Gasteiger partial charge in [0, 0.05) is 12.8 Å². The molecule has 1 aliphatic rings. The molecule has 4 heteroatoms. The van der Waals surface area contributed by atoms with Gasteiger partial charge in [-0.2, -0.15) is 0 Å². The Morgan fingerprint density at radius 2 is 0.717 bits per heavy atom. The fraction of sp³-hybridized carbons (Fsp3) is 0.905. The van der Waals surface area contributed by atoms with Crippen molar-refractivity contribution < 1.29 is 14.4 Å². The minimum absolute atomic E-state index is 1.04. The molecule has 0 bridgehead atoms. The maximum absolute atomic E-state index is 8.74. The third kappa shape index (κ3) is 41.3. The Morgan fingerprint density at radius 3 is 0.978 bits per heavy atom. The third-order valence-corrected chi connectivity index (χ3v) is 9.78. The molecule has 0 aromatic rings. The molecule has 0 atom stereocenters. The van der Waals surface area contributed by atoms with E-state index in [4.69, 9.17) is 14.4 Å². The van der Waals surface area contributed by atoms with E-state index < -0.39 is 8.25 Å². The summed E-state index contributed by atoms with van der Waals surface area (Å²) in [6.07, 6.45) is 51.2. The Hall–Kier alpha value is -0.730. The van der Waals surface area contributed by atoms with E-state index in [0.29, 0.717) is 0 Å². The van der Waals surface area contributed by atoms with Crippen molar-refractivity contribution in [2.75, 3.05) is 0 Å². The lowest BCUT2D eigenvalue weighted by Crippen LogP contribution is -2.10. The molecule has 1 saturated carbocycles. The average Bonchev–Trinajstić information content (AvgIpc) is 3.01. The van der Waals surface area contributed by atoms with Crippen LogP contribution in [0.2, 0.25) is 0 Å². The summed E-state index contributed by atoms with van der Waals surface area (Å²) in [7, 11) is -3.13. The second-order valence-electron chi connectivity index (χ2n) is 14.2. The van der Waals surface area contributed by atoms with Gasteiger partial charge < -0.3 is 9.79 Å². The van der Waals surface area contributed by atoms with Crippen LogP contribution in [0.15, 0.2) is 0 Å². The zero-order chi connectivity index (χ0) is 33.4. The van der Waals surface area contributed by atoms with Crippen LogP contribution in [0.1, 0.15) is 238 Å². The lowest BCUT2D eigenvalue weighted by atomic mass is 9.81. The van der Waals surface area contributed by atoms with Crippen LogP contribution in [0, 0.1) is 29.6 Å². The number of unbranched alkanes of at least 4 members (excludes halogenated alkanes) is 30. The van der Waals surface area contributed by atoms with E-state index in [0.717, 1.165) is 18.8 Å². The van der Waals surface area contributed by atoms with Crippen molar-refractivity contribution in [2.24, 2.45) is 5.92 Å². The van der Waals surface area contributed by atoms with Crippen molar-refractivity contribution in [1.29, 1.82) is 0 Å². The fourth-order valence-electron chi connectivity index (χ4n) is 6.52. The quantitative estimate of drug-likeness (QED) is 0.0428. The first-order valence-electron chi connectivity index (χ1n) is 20.5. The minimum Gasteiger partial charge on any atom is -0.326 e. The third-order valence-electron chi connectivity index (χ3n) is 9.78. The van der Waals surface area contributed by atoms with Crippen LogP contribution < -0.4 is 0 Å². The van der Waals surface area contributed by atoms with Crippen molar-refractivity contribution in [3.05, 3.63) is 0 Å². The first-order valence-corrected chi connectivity index (χ1v) is 21.8. The van der Waals surface area contributed by atoms with Gasteiger partial charge in [-0.05, 0) is 30.6 Å². The van der Waals surface area contributed by atoms with Crippen LogP contribution in [0.3, 0.4) is 0 Å². The molecule has 0 aromatic heterocycles. The van der Waals surface area contributed by atoms with E-state index in [1.165, 1.54) is 218 Å². The Bertz CT molecular complexity index is 735. The summed E-state index contributed by atoms with van der Waals surface area (Å²) >= 11 is 0. The van der Waals surface area contributed by atoms with Gasteiger partial charge in [0.15, 0.2) is 0 Å². The van der Waals surface area contributed by atoms with E-state index in [9.17, 15) is 0 Å². The Morgan fingerprint density at radius 1 is 0.457 bits per heavy atom. The second-order valence-corrected chi connectivity index (χ2v) is 14.8. The first-order chi connectivity index (χ1) is 22.7. The van der Waals surface area contributed by atoms with E-state index in [1.807, 2.05) is 0 Å². The maximum atomic E-state index is 8.74. The van der Waals surface area contributed by atoms with Crippen LogP contribution in [-0.4, -0.2) is 9.79 Å². The smallest absolute Gasteiger partial charge is 0.314 e. The maximum Gasteiger partial charge on any atom is 0.314 e. The zero-order valence-corrected chi connectivity index (χ0v) is 31.8. The predicted octanol–water partition coefficient (Wildman–Crippen LogP) is 14.0. The molecule has 3 nitrogen and oxygen atoms in total. The van der Waals surface area contributed by atoms with Gasteiger partial charge in [0.05, 0.1) is 0 Å². The SMILES string of the molecule is CCCCCCCCCCCCCCCCCCCC#CC#CCCCCCCCCCCCCCCCC1CCC1.O=[PH](O)O. The van der Waals surface area contributed by atoms with Gasteiger partial charge >= 0.3 is 8.25 Å². The van der Waals surface area contributed by atoms with Crippen LogP contribution in [0.4, 0.5) is 0 Å². The predicted molar refractivity (Wildman–Crippen MR) is 204 cm³/mol. The first kappa shape index (κ1) is 45.3. The van der Waals surface area contributed by atoms with E-state index in [-0.39, 0.29) is 0 Å². The fourth-order valence-corrected chi connectivity index (χ4v) is 6.52. The van der Waals surface area contributed by atoms with Gasteiger partial charge in [-0.1, -0.05) is 224 Å². The van der Waals surface area contributed by atoms with E-state index >= 15 is 0 Å². The number of hydrogen-bond acceptors (Lipinski definition) is 1. The summed E-state index contributed by atoms with van der Waals surface area (Å²) < 4.78 is 8.74. The number of hydrogen-bond donors (Lipinski definition) is 2. The molecule has 0 aromatic carbocycles. The molecule has 1 fully saturated rings. The molecule has 2 N–H and O–H groups in total. The highest BCUT2D eigenvalue weighted by Gasteiger charge is 2.15. The molecule has 46 heavy (non-hydrogen) atoms. The van der Waals surface area contributed by atoms with Crippen molar-refractivity contribution in [3.63, 3.8) is 0 Å². The topological polar surface area (TPSA) is 57.5 Å². The minimum atomic E-state index is -3.13. The largest absolute Gasteiger partial charge is 0.326 e. The standard InChI is InChI=1S/C42H76.H3O3P/c1-2-3-4-5-6-7-8-9-10-11-12-13-14-15-16-17-18-19-20-21-22-23-24-25-26-27-28-29-30-31-32-33-34-35-36-37-39-42-40-38-41-42;1-4(2)3/h42H,2-19,24-41H2,1H3;4H,(H2,1,2,3). The highest BCUT2D eigenvalue weighted by molar-refractivity contribution is 7.30. The van der Waals surface area contributed by atoms with Gasteiger partial charge in [0.25, 0.3) is 0 Å². The average molecular weight is 663 g/mol. The van der Waals surface area contributed by atoms with Gasteiger partial charge in [0.2, 0.25) is 0 Å². The normalized spacial score (nSPS) is 12.5. The molecular formula is C42H79O3P. The summed E-state index contributed by atoms with van der Waals surface area (Å²) in [5.74, 6) is 13.8. The Kier molecular flexibility index (Phi) is 39.8. The second kappa shape index (κ2) is 40.4. The van der Waals surface area contributed by atoms with Crippen LogP contribution >= 0.6 is 8.25 Å². The highest BCUT2D eigenvalue weighted by atomic mass is 31.1.